The van der Waals surface area contributed by atoms with Crippen LogP contribution in [0.15, 0.2) is 85.2 Å². The molecule has 33 heavy (non-hydrogen) atoms. The molecule has 0 aliphatic carbocycles. The van der Waals surface area contributed by atoms with E-state index in [4.69, 9.17) is 23.2 Å². The van der Waals surface area contributed by atoms with Gasteiger partial charge in [0, 0.05) is 41.5 Å². The molecule has 0 atom stereocenters. The van der Waals surface area contributed by atoms with Crippen molar-refractivity contribution in [1.82, 2.24) is 9.97 Å². The maximum Gasteiger partial charge on any atom is 0.131 e. The van der Waals surface area contributed by atoms with E-state index in [2.05, 4.69) is 20.6 Å². The van der Waals surface area contributed by atoms with E-state index in [0.717, 1.165) is 16.9 Å². The van der Waals surface area contributed by atoms with E-state index in [-0.39, 0.29) is 11.5 Å². The zero-order valence-corrected chi connectivity index (χ0v) is 18.1. The number of hydrogen-bond donors (Lipinski definition) is 5. The van der Waals surface area contributed by atoms with Crippen LogP contribution in [0.25, 0.3) is 0 Å². The Kier molecular flexibility index (Phi) is 7.72. The van der Waals surface area contributed by atoms with Crippen LogP contribution in [-0.2, 0) is 0 Å². The average Bonchev–Trinajstić information content (AvgIpc) is 2.80. The van der Waals surface area contributed by atoms with Crippen LogP contribution in [0.3, 0.4) is 0 Å². The minimum Gasteiger partial charge on any atom is -0.508 e. The third kappa shape index (κ3) is 7.20. The van der Waals surface area contributed by atoms with Gasteiger partial charge in [0.1, 0.15) is 28.1 Å². The van der Waals surface area contributed by atoms with Crippen LogP contribution >= 0.6 is 12.2 Å². The Morgan fingerprint density at radius 1 is 0.818 bits per heavy atom. The molecule has 8 nitrogen and oxygen atoms in total. The molecular formula is C24H20N6O2S. The number of nitriles is 1. The van der Waals surface area contributed by atoms with Gasteiger partial charge in [-0.05, 0) is 48.5 Å². The monoisotopic (exact) mass is 456 g/mol. The lowest BCUT2D eigenvalue weighted by molar-refractivity contribution is 0.475. The SMILES string of the molecule is N#Cc1ccnc(Nc2cccc(O)c2)c1.NC(=S)c1ccnc(Nc2cccc(O)c2)c1. The predicted molar refractivity (Wildman–Crippen MR) is 132 cm³/mol. The number of nitrogens with two attached hydrogens (primary N) is 1. The van der Waals surface area contributed by atoms with Crippen LogP contribution in [0.2, 0.25) is 0 Å². The van der Waals surface area contributed by atoms with Gasteiger partial charge in [-0.3, -0.25) is 0 Å². The fourth-order valence-corrected chi connectivity index (χ4v) is 2.81. The van der Waals surface area contributed by atoms with Crippen molar-refractivity contribution in [2.75, 3.05) is 10.6 Å². The fraction of sp³-hybridized carbons (Fsp3) is 0. The smallest absolute Gasteiger partial charge is 0.131 e. The number of hydrogen-bond acceptors (Lipinski definition) is 8. The van der Waals surface area contributed by atoms with Crippen LogP contribution in [0.1, 0.15) is 11.1 Å². The molecule has 164 valence electrons. The second-order valence-corrected chi connectivity index (χ2v) is 7.13. The normalized spacial score (nSPS) is 9.67. The van der Waals surface area contributed by atoms with Crippen molar-refractivity contribution in [3.8, 4) is 17.6 Å². The number of aromatic hydroxyl groups is 2. The lowest BCUT2D eigenvalue weighted by Gasteiger charge is -2.07. The number of thiocarbonyl (C=S) groups is 1. The van der Waals surface area contributed by atoms with Gasteiger partial charge < -0.3 is 26.6 Å². The van der Waals surface area contributed by atoms with E-state index in [1.165, 1.54) is 0 Å². The molecule has 2 aromatic carbocycles. The molecule has 0 saturated heterocycles. The average molecular weight is 457 g/mol. The zero-order chi connectivity index (χ0) is 23.6. The molecule has 0 amide bonds. The molecule has 2 heterocycles. The number of phenols is 2. The highest BCUT2D eigenvalue weighted by atomic mass is 32.1. The van der Waals surface area contributed by atoms with Gasteiger partial charge in [0.25, 0.3) is 0 Å². The van der Waals surface area contributed by atoms with Gasteiger partial charge in [-0.1, -0.05) is 24.4 Å². The van der Waals surface area contributed by atoms with Gasteiger partial charge in [0.05, 0.1) is 11.6 Å². The molecule has 2 aromatic heterocycles. The summed E-state index contributed by atoms with van der Waals surface area (Å²) in [5.41, 5.74) is 8.30. The molecule has 4 aromatic rings. The Labute approximate surface area is 196 Å². The Morgan fingerprint density at radius 2 is 1.36 bits per heavy atom. The van der Waals surface area contributed by atoms with E-state index in [1.807, 2.05) is 12.1 Å². The Hall–Kier alpha value is -4.68. The van der Waals surface area contributed by atoms with Crippen LogP contribution < -0.4 is 16.4 Å². The quantitative estimate of drug-likeness (QED) is 0.273. The second-order valence-electron chi connectivity index (χ2n) is 6.69. The highest BCUT2D eigenvalue weighted by molar-refractivity contribution is 7.80. The molecule has 4 rings (SSSR count). The van der Waals surface area contributed by atoms with Gasteiger partial charge >= 0.3 is 0 Å². The van der Waals surface area contributed by atoms with E-state index >= 15 is 0 Å². The van der Waals surface area contributed by atoms with Crippen LogP contribution in [0, 0.1) is 11.3 Å². The van der Waals surface area contributed by atoms with Crippen LogP contribution in [0.5, 0.6) is 11.5 Å². The summed E-state index contributed by atoms with van der Waals surface area (Å²) in [6.45, 7) is 0. The predicted octanol–water partition coefficient (Wildman–Crippen LogP) is 4.57. The maximum atomic E-state index is 9.33. The third-order valence-corrected chi connectivity index (χ3v) is 4.41. The summed E-state index contributed by atoms with van der Waals surface area (Å²) in [5.74, 6) is 1.58. The van der Waals surface area contributed by atoms with Crippen LogP contribution in [0.4, 0.5) is 23.0 Å². The van der Waals surface area contributed by atoms with Crippen molar-refractivity contribution in [3.05, 3.63) is 96.3 Å². The topological polar surface area (TPSA) is 140 Å². The number of aromatic nitrogens is 2. The van der Waals surface area contributed by atoms with Gasteiger partial charge in [-0.25, -0.2) is 9.97 Å². The maximum absolute atomic E-state index is 9.33. The fourth-order valence-electron chi connectivity index (χ4n) is 2.68. The summed E-state index contributed by atoms with van der Waals surface area (Å²) < 4.78 is 0. The summed E-state index contributed by atoms with van der Waals surface area (Å²) in [4.78, 5) is 8.53. The van der Waals surface area contributed by atoms with Gasteiger partial charge in [0.2, 0.25) is 0 Å². The second kappa shape index (κ2) is 11.1. The Balaban J connectivity index is 0.000000186. The number of phenolic OH excluding ortho intramolecular Hbond substituents is 2. The first-order chi connectivity index (χ1) is 15.9. The molecule has 0 spiro atoms. The zero-order valence-electron chi connectivity index (χ0n) is 17.3. The first-order valence-electron chi connectivity index (χ1n) is 9.67. The number of nitrogens with one attached hydrogen (secondary N) is 2. The highest BCUT2D eigenvalue weighted by Gasteiger charge is 2.01. The molecule has 0 aliphatic rings. The summed E-state index contributed by atoms with van der Waals surface area (Å²) in [6, 6.07) is 22.3. The molecule has 0 fully saturated rings. The molecule has 9 heteroatoms. The van der Waals surface area contributed by atoms with Crippen molar-refractivity contribution < 1.29 is 10.2 Å². The third-order valence-electron chi connectivity index (χ3n) is 4.17. The molecule has 0 unspecified atom stereocenters. The van der Waals surface area contributed by atoms with Crippen molar-refractivity contribution in [1.29, 1.82) is 5.26 Å². The van der Waals surface area contributed by atoms with Crippen molar-refractivity contribution in [3.63, 3.8) is 0 Å². The minimum absolute atomic E-state index is 0.182. The van der Waals surface area contributed by atoms with Gasteiger partial charge in [-0.2, -0.15) is 5.26 Å². The lowest BCUT2D eigenvalue weighted by atomic mass is 10.2. The molecule has 0 saturated carbocycles. The lowest BCUT2D eigenvalue weighted by Crippen LogP contribution is -2.09. The van der Waals surface area contributed by atoms with Crippen molar-refractivity contribution in [2.24, 2.45) is 5.73 Å². The van der Waals surface area contributed by atoms with Gasteiger partial charge in [0.15, 0.2) is 0 Å². The number of benzene rings is 2. The van der Waals surface area contributed by atoms with Gasteiger partial charge in [-0.15, -0.1) is 0 Å². The number of rotatable bonds is 5. The summed E-state index contributed by atoms with van der Waals surface area (Å²) in [5, 5.41) is 33.4. The molecule has 0 aliphatic heterocycles. The summed E-state index contributed by atoms with van der Waals surface area (Å²) in [7, 11) is 0. The Bertz CT molecular complexity index is 1310. The highest BCUT2D eigenvalue weighted by Crippen LogP contribution is 2.20. The first kappa shape index (κ1) is 23.0. The van der Waals surface area contributed by atoms with E-state index in [9.17, 15) is 10.2 Å². The largest absolute Gasteiger partial charge is 0.508 e. The number of anilines is 4. The molecule has 6 N–H and O–H groups in total. The van der Waals surface area contributed by atoms with E-state index in [0.29, 0.717) is 22.2 Å². The molecular weight excluding hydrogens is 436 g/mol. The van der Waals surface area contributed by atoms with Crippen LogP contribution in [-0.4, -0.2) is 25.2 Å². The van der Waals surface area contributed by atoms with E-state index < -0.39 is 0 Å². The molecule has 0 bridgehead atoms. The number of nitrogens with zero attached hydrogens (tertiary/aromatic N) is 3. The van der Waals surface area contributed by atoms with Crippen molar-refractivity contribution >= 4 is 40.2 Å². The standard InChI is InChI=1S/C12H11N3OS.C12H9N3O/c13-12(17)8-4-5-14-11(6-8)15-9-2-1-3-10(16)7-9;13-8-9-4-5-14-12(6-9)15-10-2-1-3-11(16)7-10/h1-7,16H,(H2,13,17)(H,14,15);1-7,16H,(H,14,15). The summed E-state index contributed by atoms with van der Waals surface area (Å²) >= 11 is 4.89. The van der Waals surface area contributed by atoms with Crippen molar-refractivity contribution in [2.45, 2.75) is 0 Å². The minimum atomic E-state index is 0.182. The number of pyridine rings is 2. The first-order valence-corrected chi connectivity index (χ1v) is 10.1. The molecule has 0 radical (unpaired) electrons. The summed E-state index contributed by atoms with van der Waals surface area (Å²) in [6.07, 6.45) is 3.18. The Morgan fingerprint density at radius 3 is 1.88 bits per heavy atom. The van der Waals surface area contributed by atoms with E-state index in [1.54, 1.807) is 79.1 Å².